The predicted octanol–water partition coefficient (Wildman–Crippen LogP) is 14.2. The van der Waals surface area contributed by atoms with Crippen molar-refractivity contribution in [2.75, 3.05) is 0 Å². The Morgan fingerprint density at radius 3 is 1.79 bits per heavy atom. The second-order valence-electron chi connectivity index (χ2n) is 17.1. The molecule has 9 aromatic rings. The summed E-state index contributed by atoms with van der Waals surface area (Å²) in [6.45, 7) is 4.77. The van der Waals surface area contributed by atoms with Crippen LogP contribution in [0.2, 0.25) is 0 Å². The number of para-hydroxylation sites is 1. The number of hydrogen-bond donors (Lipinski definition) is 0. The fraction of sp³-hybridized carbons (Fsp3) is 0.143. The van der Waals surface area contributed by atoms with E-state index in [-0.39, 0.29) is 16.7 Å². The zero-order valence-electron chi connectivity index (χ0n) is 32.4. The van der Waals surface area contributed by atoms with E-state index in [4.69, 9.17) is 4.42 Å². The van der Waals surface area contributed by atoms with Gasteiger partial charge in [-0.05, 0) is 121 Å². The Hall–Kier alpha value is -6.44. The van der Waals surface area contributed by atoms with Crippen molar-refractivity contribution in [2.45, 2.75) is 49.9 Å². The van der Waals surface area contributed by atoms with Crippen LogP contribution in [-0.4, -0.2) is 0 Å². The number of benzene rings is 8. The molecule has 1 aromatic heterocycles. The Balaban J connectivity index is 0.981. The van der Waals surface area contributed by atoms with Gasteiger partial charge < -0.3 is 4.42 Å². The van der Waals surface area contributed by atoms with Gasteiger partial charge in [-0.1, -0.05) is 178 Å². The first kappa shape index (κ1) is 32.8. The van der Waals surface area contributed by atoms with E-state index in [1.807, 2.05) is 0 Å². The van der Waals surface area contributed by atoms with Crippen LogP contribution in [0.4, 0.5) is 0 Å². The van der Waals surface area contributed by atoms with Gasteiger partial charge in [0, 0.05) is 16.2 Å². The number of aryl methyl sites for hydroxylation is 1. The zero-order valence-corrected chi connectivity index (χ0v) is 32.4. The van der Waals surface area contributed by atoms with E-state index in [1.165, 1.54) is 94.2 Å². The van der Waals surface area contributed by atoms with Crippen molar-refractivity contribution in [3.05, 3.63) is 226 Å². The first-order chi connectivity index (χ1) is 28.0. The fourth-order valence-electron chi connectivity index (χ4n) is 11.3. The summed E-state index contributed by atoms with van der Waals surface area (Å²) in [4.78, 5) is 0. The molecule has 0 amide bonds. The van der Waals surface area contributed by atoms with Gasteiger partial charge in [0.05, 0.1) is 5.41 Å². The van der Waals surface area contributed by atoms with Crippen molar-refractivity contribution in [3.63, 3.8) is 0 Å². The summed E-state index contributed by atoms with van der Waals surface area (Å²) in [7, 11) is 0. The summed E-state index contributed by atoms with van der Waals surface area (Å²) in [5.74, 6) is 0.285. The first-order valence-electron chi connectivity index (χ1n) is 20.6. The lowest BCUT2D eigenvalue weighted by Crippen LogP contribution is -2.27. The molecule has 0 N–H and O–H groups in total. The third-order valence-electron chi connectivity index (χ3n) is 13.9. The zero-order chi connectivity index (χ0) is 37.9. The third-order valence-corrected chi connectivity index (χ3v) is 13.9. The van der Waals surface area contributed by atoms with E-state index in [9.17, 15) is 0 Å². The minimum Gasteiger partial charge on any atom is -0.456 e. The summed E-state index contributed by atoms with van der Waals surface area (Å²) in [5.41, 5.74) is 22.4. The van der Waals surface area contributed by atoms with Crippen molar-refractivity contribution in [2.24, 2.45) is 0 Å². The second-order valence-corrected chi connectivity index (χ2v) is 17.1. The maximum Gasteiger partial charge on any atom is 0.135 e. The van der Waals surface area contributed by atoms with E-state index in [2.05, 4.69) is 190 Å². The molecule has 0 saturated heterocycles. The Morgan fingerprint density at radius 1 is 0.456 bits per heavy atom. The van der Waals surface area contributed by atoms with E-state index >= 15 is 0 Å². The molecular formula is C56H42O. The first-order valence-corrected chi connectivity index (χ1v) is 20.6. The summed E-state index contributed by atoms with van der Waals surface area (Å²) < 4.78 is 6.50. The summed E-state index contributed by atoms with van der Waals surface area (Å²) >= 11 is 0. The number of hydrogen-bond acceptors (Lipinski definition) is 1. The normalized spacial score (nSPS) is 15.3. The molecule has 0 radical (unpaired) electrons. The standard InChI is InChI=1S/C56H42O/c1-55(2)48-22-9-4-15-39(48)42-30-26-35(33-51(42)55)32-37(38-29-31-44-43-18-7-12-25-52(43)57-53(44)34-38)28-27-36-14-3-8-21-47(36)56-49-23-10-5-16-40(49)45-19-13-20-46(54(45)56)41-17-6-11-24-50(41)56/h3-26,29-31,33-34,37H,27-28,32H2,1-2H3. The molecule has 1 atom stereocenters. The van der Waals surface area contributed by atoms with Gasteiger partial charge in [0.25, 0.3) is 0 Å². The van der Waals surface area contributed by atoms with E-state index in [0.717, 1.165) is 30.4 Å². The van der Waals surface area contributed by atoms with Gasteiger partial charge in [-0.2, -0.15) is 0 Å². The van der Waals surface area contributed by atoms with Crippen molar-refractivity contribution in [1.29, 1.82) is 0 Å². The lowest BCUT2D eigenvalue weighted by molar-refractivity contribution is 0.610. The molecule has 272 valence electrons. The molecule has 12 rings (SSSR count). The molecule has 3 aliphatic carbocycles. The number of rotatable bonds is 7. The molecule has 3 aliphatic rings. The summed E-state index contributed by atoms with van der Waals surface area (Å²) in [6, 6.07) is 66.2. The largest absolute Gasteiger partial charge is 0.456 e. The molecule has 1 nitrogen and oxygen atoms in total. The van der Waals surface area contributed by atoms with Crippen LogP contribution in [-0.2, 0) is 23.7 Å². The van der Waals surface area contributed by atoms with E-state index in [1.54, 1.807) is 0 Å². The van der Waals surface area contributed by atoms with Crippen LogP contribution >= 0.6 is 0 Å². The van der Waals surface area contributed by atoms with Crippen molar-refractivity contribution in [1.82, 2.24) is 0 Å². The van der Waals surface area contributed by atoms with Crippen LogP contribution in [0.15, 0.2) is 180 Å². The van der Waals surface area contributed by atoms with Gasteiger partial charge in [-0.25, -0.2) is 0 Å². The molecule has 0 spiro atoms. The van der Waals surface area contributed by atoms with Gasteiger partial charge in [-0.3, -0.25) is 0 Å². The lowest BCUT2D eigenvalue weighted by atomic mass is 9.68. The van der Waals surface area contributed by atoms with Gasteiger partial charge in [-0.15, -0.1) is 0 Å². The van der Waals surface area contributed by atoms with Gasteiger partial charge in [0.2, 0.25) is 0 Å². The third kappa shape index (κ3) is 4.52. The highest BCUT2D eigenvalue weighted by atomic mass is 16.3. The monoisotopic (exact) mass is 730 g/mol. The Morgan fingerprint density at radius 2 is 1.04 bits per heavy atom. The predicted molar refractivity (Wildman–Crippen MR) is 235 cm³/mol. The van der Waals surface area contributed by atoms with Gasteiger partial charge in [0.1, 0.15) is 11.2 Å². The Bertz CT molecular complexity index is 3030. The van der Waals surface area contributed by atoms with Crippen LogP contribution in [0.25, 0.3) is 55.3 Å². The van der Waals surface area contributed by atoms with Crippen molar-refractivity contribution < 1.29 is 4.42 Å². The smallest absolute Gasteiger partial charge is 0.135 e. The highest BCUT2D eigenvalue weighted by molar-refractivity contribution is 6.05. The van der Waals surface area contributed by atoms with E-state index in [0.29, 0.717) is 0 Å². The minimum absolute atomic E-state index is 0.0346. The average molecular weight is 731 g/mol. The van der Waals surface area contributed by atoms with Crippen LogP contribution in [0.5, 0.6) is 0 Å². The van der Waals surface area contributed by atoms with Crippen LogP contribution < -0.4 is 0 Å². The fourth-order valence-corrected chi connectivity index (χ4v) is 11.3. The quantitative estimate of drug-likeness (QED) is 0.159. The summed E-state index contributed by atoms with van der Waals surface area (Å²) in [6.07, 6.45) is 2.93. The molecule has 1 unspecified atom stereocenters. The van der Waals surface area contributed by atoms with Gasteiger partial charge in [0.15, 0.2) is 0 Å². The maximum absolute atomic E-state index is 6.50. The SMILES string of the molecule is CC1(C)c2ccccc2-c2ccc(CC(CCc3ccccc3C34c5ccccc5-c5cccc(c53)-c3ccccc34)c3ccc4c(c3)oc3ccccc34)cc21. The van der Waals surface area contributed by atoms with Crippen molar-refractivity contribution in [3.8, 4) is 33.4 Å². The molecule has 0 fully saturated rings. The number of fused-ring (bicyclic) bond motifs is 12. The number of furan rings is 1. The topological polar surface area (TPSA) is 13.1 Å². The summed E-state index contributed by atoms with van der Waals surface area (Å²) in [5, 5.41) is 2.36. The maximum atomic E-state index is 6.50. The minimum atomic E-state index is -0.348. The molecule has 8 aromatic carbocycles. The molecule has 0 saturated carbocycles. The average Bonchev–Trinajstić information content (AvgIpc) is 3.95. The Labute approximate surface area is 334 Å². The Kier molecular flexibility index (Phi) is 6.92. The van der Waals surface area contributed by atoms with Gasteiger partial charge >= 0.3 is 0 Å². The molecule has 1 heterocycles. The van der Waals surface area contributed by atoms with Crippen LogP contribution in [0.3, 0.4) is 0 Å². The molecular weight excluding hydrogens is 689 g/mol. The van der Waals surface area contributed by atoms with Crippen LogP contribution in [0, 0.1) is 0 Å². The molecule has 57 heavy (non-hydrogen) atoms. The lowest BCUT2D eigenvalue weighted by Gasteiger charge is -2.33. The molecule has 1 heteroatoms. The van der Waals surface area contributed by atoms with Crippen molar-refractivity contribution >= 4 is 21.9 Å². The highest BCUT2D eigenvalue weighted by Crippen LogP contribution is 2.64. The molecule has 0 aliphatic heterocycles. The highest BCUT2D eigenvalue weighted by Gasteiger charge is 2.52. The molecule has 0 bridgehead atoms. The van der Waals surface area contributed by atoms with Crippen LogP contribution in [0.1, 0.15) is 76.3 Å². The second kappa shape index (κ2) is 12.0. The van der Waals surface area contributed by atoms with E-state index < -0.39 is 0 Å².